The van der Waals surface area contributed by atoms with Crippen molar-refractivity contribution in [3.63, 3.8) is 0 Å². The van der Waals surface area contributed by atoms with Crippen LogP contribution in [0.1, 0.15) is 18.1 Å². The largest absolute Gasteiger partial charge is 0.493 e. The van der Waals surface area contributed by atoms with Crippen LogP contribution in [0.3, 0.4) is 0 Å². The first-order valence-electron chi connectivity index (χ1n) is 9.05. The topological polar surface area (TPSA) is 105 Å². The molecular weight excluding hydrogens is 447 g/mol. The van der Waals surface area contributed by atoms with E-state index in [-0.39, 0.29) is 23.7 Å². The van der Waals surface area contributed by atoms with Crippen LogP contribution in [0.2, 0.25) is 10.0 Å². The number of carboxylic acids is 1. The summed E-state index contributed by atoms with van der Waals surface area (Å²) < 4.78 is 10.6. The van der Waals surface area contributed by atoms with Crippen molar-refractivity contribution in [3.8, 4) is 11.5 Å². The number of amides is 3. The van der Waals surface area contributed by atoms with Crippen molar-refractivity contribution >= 4 is 47.2 Å². The number of carbonyl (C=O) groups is 3. The molecule has 0 aromatic heterocycles. The number of aliphatic carboxylic acids is 1. The number of rotatable bonds is 7. The molecule has 31 heavy (non-hydrogen) atoms. The van der Waals surface area contributed by atoms with Crippen molar-refractivity contribution in [3.05, 3.63) is 63.3 Å². The lowest BCUT2D eigenvalue weighted by Crippen LogP contribution is -2.30. The Kier molecular flexibility index (Phi) is 6.72. The lowest BCUT2D eigenvalue weighted by atomic mass is 10.1. The van der Waals surface area contributed by atoms with Gasteiger partial charge >= 0.3 is 12.0 Å². The molecule has 2 N–H and O–H groups in total. The lowest BCUT2D eigenvalue weighted by molar-refractivity contribution is -0.144. The SMILES string of the molecule is COc1cc(/C=C2\NC(=O)N(Cc3ccc(Cl)c(Cl)c3)C2=O)ccc1O[C@H](C)C(=O)O. The third-order valence-corrected chi connectivity index (χ3v) is 5.18. The van der Waals surface area contributed by atoms with Crippen LogP contribution in [0.4, 0.5) is 4.79 Å². The maximum absolute atomic E-state index is 12.7. The fourth-order valence-electron chi connectivity index (χ4n) is 2.81. The molecule has 1 aliphatic heterocycles. The molecule has 10 heteroatoms. The van der Waals surface area contributed by atoms with E-state index < -0.39 is 24.0 Å². The number of carbonyl (C=O) groups excluding carboxylic acids is 2. The van der Waals surface area contributed by atoms with Crippen molar-refractivity contribution < 1.29 is 29.0 Å². The number of imide groups is 1. The average molecular weight is 465 g/mol. The molecule has 3 amide bonds. The Balaban J connectivity index is 1.80. The zero-order valence-electron chi connectivity index (χ0n) is 16.5. The number of hydrogen-bond donors (Lipinski definition) is 2. The fraction of sp³-hybridized carbons (Fsp3) is 0.190. The van der Waals surface area contributed by atoms with Crippen LogP contribution < -0.4 is 14.8 Å². The van der Waals surface area contributed by atoms with Crippen molar-refractivity contribution in [1.82, 2.24) is 10.2 Å². The number of hydrogen-bond acceptors (Lipinski definition) is 5. The van der Waals surface area contributed by atoms with Gasteiger partial charge in [0, 0.05) is 0 Å². The average Bonchev–Trinajstić information content (AvgIpc) is 2.98. The number of urea groups is 1. The molecule has 1 saturated heterocycles. The van der Waals surface area contributed by atoms with Gasteiger partial charge in [-0.2, -0.15) is 0 Å². The van der Waals surface area contributed by atoms with E-state index in [1.54, 1.807) is 30.3 Å². The summed E-state index contributed by atoms with van der Waals surface area (Å²) in [4.78, 5) is 37.1. The number of halogens is 2. The van der Waals surface area contributed by atoms with E-state index in [2.05, 4.69) is 5.32 Å². The van der Waals surface area contributed by atoms with Crippen molar-refractivity contribution in [1.29, 1.82) is 0 Å². The molecule has 0 aliphatic carbocycles. The van der Waals surface area contributed by atoms with Gasteiger partial charge in [-0.25, -0.2) is 9.59 Å². The summed E-state index contributed by atoms with van der Waals surface area (Å²) in [7, 11) is 1.41. The number of carboxylic acid groups (broad SMARTS) is 1. The Labute approximate surface area is 187 Å². The highest BCUT2D eigenvalue weighted by atomic mass is 35.5. The predicted molar refractivity (Wildman–Crippen MR) is 114 cm³/mol. The molecule has 8 nitrogen and oxygen atoms in total. The van der Waals surface area contributed by atoms with Gasteiger partial charge in [0.15, 0.2) is 17.6 Å². The van der Waals surface area contributed by atoms with Crippen LogP contribution in [0, 0.1) is 0 Å². The molecule has 0 radical (unpaired) electrons. The van der Waals surface area contributed by atoms with Crippen molar-refractivity contribution in [2.45, 2.75) is 19.6 Å². The Morgan fingerprint density at radius 1 is 1.16 bits per heavy atom. The number of methoxy groups -OCH3 is 1. The summed E-state index contributed by atoms with van der Waals surface area (Å²) in [6, 6.07) is 9.00. The van der Waals surface area contributed by atoms with Crippen molar-refractivity contribution in [2.24, 2.45) is 0 Å². The molecule has 1 atom stereocenters. The normalized spacial score (nSPS) is 15.7. The van der Waals surface area contributed by atoms with E-state index in [4.69, 9.17) is 37.8 Å². The van der Waals surface area contributed by atoms with Crippen LogP contribution >= 0.6 is 23.2 Å². The van der Waals surface area contributed by atoms with E-state index >= 15 is 0 Å². The summed E-state index contributed by atoms with van der Waals surface area (Å²) in [5.74, 6) is -1.10. The third-order valence-electron chi connectivity index (χ3n) is 4.44. The summed E-state index contributed by atoms with van der Waals surface area (Å²) >= 11 is 11.9. The van der Waals surface area contributed by atoms with E-state index in [0.29, 0.717) is 21.2 Å². The van der Waals surface area contributed by atoms with Crippen molar-refractivity contribution in [2.75, 3.05) is 7.11 Å². The minimum Gasteiger partial charge on any atom is -0.493 e. The molecule has 0 unspecified atom stereocenters. The highest BCUT2D eigenvalue weighted by Crippen LogP contribution is 2.30. The van der Waals surface area contributed by atoms with Crippen LogP contribution in [-0.4, -0.2) is 41.1 Å². The fourth-order valence-corrected chi connectivity index (χ4v) is 3.14. The molecule has 1 aliphatic rings. The molecule has 2 aromatic rings. The molecule has 0 saturated carbocycles. The summed E-state index contributed by atoms with van der Waals surface area (Å²) in [5.41, 5.74) is 1.28. The summed E-state index contributed by atoms with van der Waals surface area (Å²) in [5, 5.41) is 12.2. The first kappa shape index (κ1) is 22.5. The Hall–Kier alpha value is -3.23. The van der Waals surface area contributed by atoms with Crippen LogP contribution in [-0.2, 0) is 16.1 Å². The first-order valence-corrected chi connectivity index (χ1v) is 9.81. The van der Waals surface area contributed by atoms with E-state index in [0.717, 1.165) is 4.90 Å². The smallest absolute Gasteiger partial charge is 0.344 e. The van der Waals surface area contributed by atoms with Crippen LogP contribution in [0.5, 0.6) is 11.5 Å². The monoisotopic (exact) mass is 464 g/mol. The van der Waals surface area contributed by atoms with E-state index in [9.17, 15) is 14.4 Å². The minimum absolute atomic E-state index is 0.0298. The predicted octanol–water partition coefficient (Wildman–Crippen LogP) is 3.95. The second-order valence-corrected chi connectivity index (χ2v) is 7.45. The van der Waals surface area contributed by atoms with Gasteiger partial charge in [-0.3, -0.25) is 9.69 Å². The Bertz CT molecular complexity index is 1090. The van der Waals surface area contributed by atoms with Gasteiger partial charge in [-0.1, -0.05) is 35.3 Å². The molecule has 0 spiro atoms. The standard InChI is InChI=1S/C21H18Cl2N2O6/c1-11(20(27)28)31-17-6-4-12(9-18(17)30-2)8-16-19(26)25(21(29)24-16)10-13-3-5-14(22)15(23)7-13/h3-9,11H,10H2,1-2H3,(H,24,29)(H,27,28)/b16-8-/t11-/m1/s1. The zero-order chi connectivity index (χ0) is 22.7. The zero-order valence-corrected chi connectivity index (χ0v) is 18.0. The van der Waals surface area contributed by atoms with Gasteiger partial charge in [0.2, 0.25) is 0 Å². The molecular formula is C21H18Cl2N2O6. The van der Waals surface area contributed by atoms with Crippen LogP contribution in [0.25, 0.3) is 6.08 Å². The quantitative estimate of drug-likeness (QED) is 0.474. The maximum atomic E-state index is 12.7. The molecule has 1 heterocycles. The Morgan fingerprint density at radius 2 is 1.90 bits per heavy atom. The maximum Gasteiger partial charge on any atom is 0.344 e. The summed E-state index contributed by atoms with van der Waals surface area (Å²) in [6.07, 6.45) is 0.422. The van der Waals surface area contributed by atoms with Gasteiger partial charge < -0.3 is 19.9 Å². The highest BCUT2D eigenvalue weighted by Gasteiger charge is 2.33. The molecule has 2 aromatic carbocycles. The van der Waals surface area contributed by atoms with Crippen LogP contribution in [0.15, 0.2) is 42.1 Å². The number of ether oxygens (including phenoxy) is 2. The van der Waals surface area contributed by atoms with Gasteiger partial charge in [0.25, 0.3) is 5.91 Å². The van der Waals surface area contributed by atoms with Gasteiger partial charge in [0.1, 0.15) is 5.70 Å². The molecule has 1 fully saturated rings. The number of nitrogens with one attached hydrogen (secondary N) is 1. The minimum atomic E-state index is -1.12. The van der Waals surface area contributed by atoms with Gasteiger partial charge in [0.05, 0.1) is 23.7 Å². The van der Waals surface area contributed by atoms with Gasteiger partial charge in [-0.15, -0.1) is 0 Å². The molecule has 0 bridgehead atoms. The second-order valence-electron chi connectivity index (χ2n) is 6.64. The van der Waals surface area contributed by atoms with Gasteiger partial charge in [-0.05, 0) is 48.4 Å². The highest BCUT2D eigenvalue weighted by molar-refractivity contribution is 6.42. The molecule has 3 rings (SSSR count). The lowest BCUT2D eigenvalue weighted by Gasteiger charge is -2.14. The Morgan fingerprint density at radius 3 is 2.55 bits per heavy atom. The number of nitrogens with zero attached hydrogens (tertiary/aromatic N) is 1. The third kappa shape index (κ3) is 5.10. The first-order chi connectivity index (χ1) is 14.7. The number of benzene rings is 2. The van der Waals surface area contributed by atoms with E-state index in [1.165, 1.54) is 26.2 Å². The second kappa shape index (κ2) is 9.28. The summed E-state index contributed by atoms with van der Waals surface area (Å²) in [6.45, 7) is 1.43. The molecule has 162 valence electrons. The van der Waals surface area contributed by atoms with E-state index in [1.807, 2.05) is 0 Å².